The maximum atomic E-state index is 14.0. The summed E-state index contributed by atoms with van der Waals surface area (Å²) < 4.78 is 28.3. The summed E-state index contributed by atoms with van der Waals surface area (Å²) in [7, 11) is 1.65. The lowest BCUT2D eigenvalue weighted by Gasteiger charge is -2.34. The summed E-state index contributed by atoms with van der Waals surface area (Å²) in [6.45, 7) is 6.92. The number of carbonyl (C=O) groups excluding carboxylic acids is 2. The molecule has 2 amide bonds. The molecule has 10 heteroatoms. The number of nitrogens with zero attached hydrogens (tertiary/aromatic N) is 2. The summed E-state index contributed by atoms with van der Waals surface area (Å²) in [4.78, 5) is 36.6. The van der Waals surface area contributed by atoms with E-state index in [1.165, 1.54) is 27.8 Å². The molecule has 0 bridgehead atoms. The van der Waals surface area contributed by atoms with Crippen LogP contribution in [0, 0.1) is 19.7 Å². The lowest BCUT2D eigenvalue weighted by molar-refractivity contribution is -0.133. The first-order chi connectivity index (χ1) is 19.8. The number of rotatable bonds is 7. The number of aromatic nitrogens is 1. The smallest absolute Gasteiger partial charge is 0.254 e. The molecular weight excluding hydrogens is 541 g/mol. The summed E-state index contributed by atoms with van der Waals surface area (Å²) in [5.41, 5.74) is 4.33. The van der Waals surface area contributed by atoms with Crippen LogP contribution in [0.4, 0.5) is 4.39 Å². The highest BCUT2D eigenvalue weighted by atomic mass is 19.1. The molecule has 1 aliphatic heterocycles. The van der Waals surface area contributed by atoms with E-state index in [1.54, 1.807) is 53.1 Å². The van der Waals surface area contributed by atoms with Gasteiger partial charge in [0.2, 0.25) is 5.91 Å². The Bertz CT molecular complexity index is 1580. The number of amides is 2. The minimum atomic E-state index is -1.16. The van der Waals surface area contributed by atoms with E-state index in [1.807, 2.05) is 6.07 Å². The van der Waals surface area contributed by atoms with Crippen molar-refractivity contribution in [2.24, 2.45) is 7.05 Å². The van der Waals surface area contributed by atoms with Crippen molar-refractivity contribution in [2.75, 3.05) is 0 Å². The van der Waals surface area contributed by atoms with E-state index in [2.05, 4.69) is 5.43 Å². The van der Waals surface area contributed by atoms with Crippen LogP contribution in [-0.2, 0) is 22.2 Å². The van der Waals surface area contributed by atoms with Crippen LogP contribution in [0.5, 0.6) is 17.2 Å². The highest BCUT2D eigenvalue weighted by Crippen LogP contribution is 2.42. The Hall–Kier alpha value is -4.18. The van der Waals surface area contributed by atoms with Crippen molar-refractivity contribution < 1.29 is 28.6 Å². The molecule has 0 unspecified atom stereocenters. The number of carbonyl (C=O) groups is 2. The Morgan fingerprint density at radius 3 is 2.21 bits per heavy atom. The number of nitrogens with one attached hydrogen (secondary N) is 1. The Kier molecular flexibility index (Phi) is 7.85. The van der Waals surface area contributed by atoms with Crippen LogP contribution in [0.25, 0.3) is 11.1 Å². The minimum absolute atomic E-state index is 0.0995. The Morgan fingerprint density at radius 2 is 1.62 bits per heavy atom. The molecule has 222 valence electrons. The van der Waals surface area contributed by atoms with Crippen LogP contribution in [0.3, 0.4) is 0 Å². The third-order valence-corrected chi connectivity index (χ3v) is 7.93. The van der Waals surface area contributed by atoms with Crippen LogP contribution in [0.15, 0.2) is 47.4 Å². The molecule has 2 aromatic carbocycles. The molecule has 0 atom stereocenters. The lowest BCUT2D eigenvalue weighted by atomic mass is 9.92. The summed E-state index contributed by atoms with van der Waals surface area (Å²) in [6, 6.07) is 9.51. The number of ether oxygens (including phenoxy) is 2. The largest absolute Gasteiger partial charge is 0.490 e. The van der Waals surface area contributed by atoms with E-state index in [0.29, 0.717) is 70.7 Å². The molecular formula is C32H36FN3O6. The fourth-order valence-corrected chi connectivity index (χ4v) is 5.65. The zero-order valence-electron chi connectivity index (χ0n) is 24.5. The highest BCUT2D eigenvalue weighted by Gasteiger charge is 2.36. The Labute approximate surface area is 243 Å². The maximum Gasteiger partial charge on any atom is 0.254 e. The van der Waals surface area contributed by atoms with E-state index < -0.39 is 5.60 Å². The van der Waals surface area contributed by atoms with Gasteiger partial charge < -0.3 is 19.1 Å². The number of hydrogen-bond acceptors (Lipinski definition) is 6. The molecule has 3 aromatic rings. The zero-order valence-corrected chi connectivity index (χ0v) is 24.5. The first kappa shape index (κ1) is 29.3. The van der Waals surface area contributed by atoms with Gasteiger partial charge in [0.25, 0.3) is 11.5 Å². The number of halogens is 1. The molecule has 2 N–H and O–H groups in total. The second kappa shape index (κ2) is 11.2. The SMILES string of the molecule is Cc1cc(F)cc(C)c1Oc1ccc(C(C)(C)O)cc1-c1cn(C)c(=O)cc1OC1CCC(N2NC(=O)CC2=O)CC1. The number of aliphatic hydroxyl groups is 1. The summed E-state index contributed by atoms with van der Waals surface area (Å²) in [6.07, 6.45) is 3.87. The molecule has 2 fully saturated rings. The van der Waals surface area contributed by atoms with Crippen molar-refractivity contribution in [3.63, 3.8) is 0 Å². The first-order valence-electron chi connectivity index (χ1n) is 14.1. The average Bonchev–Trinajstić information content (AvgIpc) is 3.25. The summed E-state index contributed by atoms with van der Waals surface area (Å²) in [5, 5.41) is 12.3. The molecule has 2 heterocycles. The summed E-state index contributed by atoms with van der Waals surface area (Å²) in [5.74, 6) is 0.482. The van der Waals surface area contributed by atoms with Gasteiger partial charge in [0.05, 0.1) is 17.7 Å². The molecule has 1 saturated heterocycles. The van der Waals surface area contributed by atoms with Gasteiger partial charge in [-0.15, -0.1) is 0 Å². The number of aryl methyl sites for hydroxylation is 3. The Morgan fingerprint density at radius 1 is 0.952 bits per heavy atom. The van der Waals surface area contributed by atoms with Gasteiger partial charge in [-0.2, -0.15) is 0 Å². The van der Waals surface area contributed by atoms with Crippen molar-refractivity contribution in [2.45, 2.75) is 77.5 Å². The number of pyridine rings is 1. The van der Waals surface area contributed by atoms with Crippen LogP contribution in [-0.4, -0.2) is 38.6 Å². The second-order valence-electron chi connectivity index (χ2n) is 11.8. The first-order valence-corrected chi connectivity index (χ1v) is 14.1. The normalized spacial score (nSPS) is 19.2. The molecule has 1 saturated carbocycles. The molecule has 2 aliphatic rings. The molecule has 5 rings (SSSR count). The van der Waals surface area contributed by atoms with Gasteiger partial charge in [-0.1, -0.05) is 6.07 Å². The minimum Gasteiger partial charge on any atom is -0.490 e. The van der Waals surface area contributed by atoms with E-state index >= 15 is 0 Å². The Balaban J connectivity index is 1.50. The highest BCUT2D eigenvalue weighted by molar-refractivity contribution is 6.02. The molecule has 1 aromatic heterocycles. The predicted octanol–water partition coefficient (Wildman–Crippen LogP) is 4.78. The average molecular weight is 578 g/mol. The van der Waals surface area contributed by atoms with Gasteiger partial charge in [-0.05, 0) is 94.3 Å². The predicted molar refractivity (Wildman–Crippen MR) is 155 cm³/mol. The zero-order chi connectivity index (χ0) is 30.3. The third kappa shape index (κ3) is 6.04. The van der Waals surface area contributed by atoms with E-state index in [9.17, 15) is 23.9 Å². The van der Waals surface area contributed by atoms with E-state index in [-0.39, 0.29) is 41.8 Å². The van der Waals surface area contributed by atoms with Crippen molar-refractivity contribution in [3.8, 4) is 28.4 Å². The number of hydrazine groups is 1. The lowest BCUT2D eigenvalue weighted by Crippen LogP contribution is -2.46. The second-order valence-corrected chi connectivity index (χ2v) is 11.8. The van der Waals surface area contributed by atoms with E-state index in [0.717, 1.165) is 0 Å². The van der Waals surface area contributed by atoms with Crippen LogP contribution in [0.1, 0.15) is 62.6 Å². The van der Waals surface area contributed by atoms with Gasteiger partial charge >= 0.3 is 0 Å². The van der Waals surface area contributed by atoms with E-state index in [4.69, 9.17) is 9.47 Å². The van der Waals surface area contributed by atoms with Gasteiger partial charge in [-0.3, -0.25) is 24.8 Å². The van der Waals surface area contributed by atoms with Gasteiger partial charge in [0.1, 0.15) is 29.5 Å². The summed E-state index contributed by atoms with van der Waals surface area (Å²) >= 11 is 0. The van der Waals surface area contributed by atoms with Crippen molar-refractivity contribution >= 4 is 11.8 Å². The fraction of sp³-hybridized carbons (Fsp3) is 0.406. The fourth-order valence-electron chi connectivity index (χ4n) is 5.65. The molecule has 1 aliphatic carbocycles. The topological polar surface area (TPSA) is 110 Å². The van der Waals surface area contributed by atoms with Crippen LogP contribution in [0.2, 0.25) is 0 Å². The van der Waals surface area contributed by atoms with Gasteiger partial charge in [-0.25, -0.2) is 4.39 Å². The quantitative estimate of drug-likeness (QED) is 0.391. The van der Waals surface area contributed by atoms with Gasteiger partial charge in [0.15, 0.2) is 0 Å². The molecule has 0 spiro atoms. The number of hydrogen-bond donors (Lipinski definition) is 2. The molecule has 0 radical (unpaired) electrons. The third-order valence-electron chi connectivity index (χ3n) is 7.93. The maximum absolute atomic E-state index is 14.0. The van der Waals surface area contributed by atoms with Crippen molar-refractivity contribution in [1.29, 1.82) is 0 Å². The van der Waals surface area contributed by atoms with Crippen molar-refractivity contribution in [1.82, 2.24) is 15.0 Å². The molecule has 9 nitrogen and oxygen atoms in total. The standard InChI is InChI=1S/C32H36FN3O6/c1-18-12-21(33)13-19(2)31(18)42-26-11-6-20(32(3,4)40)14-24(26)25-17-35(5)29(38)15-27(25)41-23-9-7-22(8-10-23)36-30(39)16-28(37)34-36/h6,11-15,17,22-23,40H,7-10,16H2,1-5H3,(H,34,37). The van der Waals surface area contributed by atoms with Crippen molar-refractivity contribution in [3.05, 3.63) is 75.5 Å². The van der Waals surface area contributed by atoms with Crippen LogP contribution < -0.4 is 20.5 Å². The monoisotopic (exact) mass is 577 g/mol. The van der Waals surface area contributed by atoms with Crippen LogP contribution >= 0.6 is 0 Å². The van der Waals surface area contributed by atoms with Gasteiger partial charge in [0, 0.05) is 30.4 Å². The molecule has 42 heavy (non-hydrogen) atoms. The number of benzene rings is 2.